The molecule has 0 spiro atoms. The summed E-state index contributed by atoms with van der Waals surface area (Å²) < 4.78 is 13.5. The topological polar surface area (TPSA) is 112 Å². The second-order valence-corrected chi connectivity index (χ2v) is 9.23. The van der Waals surface area contributed by atoms with Gasteiger partial charge in [0.05, 0.1) is 11.1 Å². The minimum atomic E-state index is -0.564. The number of nitrogens with one attached hydrogen (secondary N) is 1. The predicted molar refractivity (Wildman–Crippen MR) is 149 cm³/mol. The molecule has 0 atom stereocenters. The Hall–Kier alpha value is -4.89. The van der Waals surface area contributed by atoms with Crippen molar-refractivity contribution in [2.45, 2.75) is 20.5 Å². The molecule has 0 radical (unpaired) electrons. The number of nitro groups is 1. The third-order valence-corrected chi connectivity index (χ3v) is 6.59. The average molecular weight is 543 g/mol. The molecule has 5 aromatic rings. The molecule has 0 aliphatic carbocycles. The summed E-state index contributed by atoms with van der Waals surface area (Å²) in [6.07, 6.45) is 1.56. The minimum Gasteiger partial charge on any atom is -0.489 e. The maximum atomic E-state index is 12.5. The standard InChI is InChI=1S/C29H23ClN4O5/c1-18-13-22(16-31-32-29(35)28-15-21-14-24(34(36)37)9-12-27(21)39-28)19(2)33(18)23-7-10-25(11-8-23)38-17-20-5-3-4-6-26(20)30/h3-16H,17H2,1-2H3,(H,32,35)/b31-16+. The number of ether oxygens (including phenoxy) is 1. The maximum absolute atomic E-state index is 12.5. The lowest BCUT2D eigenvalue weighted by atomic mass is 10.2. The SMILES string of the molecule is Cc1cc(/C=N/NC(=O)c2cc3cc([N+](=O)[O-])ccc3o2)c(C)n1-c1ccc(OCc2ccccc2Cl)cc1. The van der Waals surface area contributed by atoms with E-state index in [4.69, 9.17) is 20.8 Å². The molecular weight excluding hydrogens is 520 g/mol. The second kappa shape index (κ2) is 10.8. The predicted octanol–water partition coefficient (Wildman–Crippen LogP) is 6.74. The van der Waals surface area contributed by atoms with E-state index in [0.29, 0.717) is 22.6 Å². The highest BCUT2D eigenvalue weighted by molar-refractivity contribution is 6.31. The highest BCUT2D eigenvalue weighted by Gasteiger charge is 2.15. The first-order valence-electron chi connectivity index (χ1n) is 12.0. The van der Waals surface area contributed by atoms with Gasteiger partial charge in [-0.25, -0.2) is 5.43 Å². The molecule has 0 saturated heterocycles. The van der Waals surface area contributed by atoms with Crippen molar-refractivity contribution in [1.29, 1.82) is 0 Å². The lowest BCUT2D eigenvalue weighted by Crippen LogP contribution is -2.16. The molecular formula is C29H23ClN4O5. The molecule has 0 fully saturated rings. The zero-order valence-corrected chi connectivity index (χ0v) is 21.8. The van der Waals surface area contributed by atoms with Gasteiger partial charge in [-0.05, 0) is 62.4 Å². The molecule has 0 aliphatic rings. The van der Waals surface area contributed by atoms with Crippen LogP contribution in [0.25, 0.3) is 16.7 Å². The lowest BCUT2D eigenvalue weighted by molar-refractivity contribution is -0.384. The van der Waals surface area contributed by atoms with E-state index in [9.17, 15) is 14.9 Å². The van der Waals surface area contributed by atoms with E-state index < -0.39 is 10.8 Å². The van der Waals surface area contributed by atoms with Crippen LogP contribution in [0.3, 0.4) is 0 Å². The number of nitro benzene ring substituents is 1. The zero-order chi connectivity index (χ0) is 27.5. The number of amides is 1. The van der Waals surface area contributed by atoms with Crippen LogP contribution in [0.5, 0.6) is 5.75 Å². The molecule has 196 valence electrons. The van der Waals surface area contributed by atoms with Crippen molar-refractivity contribution in [3.05, 3.63) is 122 Å². The first-order chi connectivity index (χ1) is 18.8. The van der Waals surface area contributed by atoms with Crippen LogP contribution in [0.1, 0.15) is 33.1 Å². The molecule has 0 saturated carbocycles. The number of aromatic nitrogens is 1. The summed E-state index contributed by atoms with van der Waals surface area (Å²) in [5.74, 6) is 0.169. The van der Waals surface area contributed by atoms with Crippen molar-refractivity contribution in [1.82, 2.24) is 9.99 Å². The number of hydrazone groups is 1. The lowest BCUT2D eigenvalue weighted by Gasteiger charge is -2.12. The zero-order valence-electron chi connectivity index (χ0n) is 21.1. The van der Waals surface area contributed by atoms with Gasteiger partial charge in [0.15, 0.2) is 5.76 Å². The van der Waals surface area contributed by atoms with Crippen molar-refractivity contribution in [3.8, 4) is 11.4 Å². The minimum absolute atomic E-state index is 0.00460. The number of carbonyl (C=O) groups is 1. The summed E-state index contributed by atoms with van der Waals surface area (Å²) in [6, 6.07) is 22.9. The molecule has 0 unspecified atom stereocenters. The Morgan fingerprint density at radius 2 is 1.87 bits per heavy atom. The molecule has 0 bridgehead atoms. The summed E-state index contributed by atoms with van der Waals surface area (Å²) in [6.45, 7) is 4.32. The van der Waals surface area contributed by atoms with Crippen LogP contribution in [0.4, 0.5) is 5.69 Å². The number of benzene rings is 3. The Labute approximate surface area is 228 Å². The monoisotopic (exact) mass is 542 g/mol. The van der Waals surface area contributed by atoms with E-state index >= 15 is 0 Å². The molecule has 1 N–H and O–H groups in total. The number of halogens is 1. The molecule has 2 heterocycles. The number of rotatable bonds is 8. The van der Waals surface area contributed by atoms with Gasteiger partial charge in [-0.3, -0.25) is 14.9 Å². The van der Waals surface area contributed by atoms with Gasteiger partial charge in [0, 0.05) is 50.7 Å². The molecule has 2 aromatic heterocycles. The van der Waals surface area contributed by atoms with Gasteiger partial charge in [0.25, 0.3) is 5.69 Å². The number of nitrogens with zero attached hydrogens (tertiary/aromatic N) is 3. The average Bonchev–Trinajstić information content (AvgIpc) is 3.48. The molecule has 9 nitrogen and oxygen atoms in total. The van der Waals surface area contributed by atoms with Gasteiger partial charge >= 0.3 is 5.91 Å². The summed E-state index contributed by atoms with van der Waals surface area (Å²) in [4.78, 5) is 23.0. The summed E-state index contributed by atoms with van der Waals surface area (Å²) in [5.41, 5.74) is 7.36. The Morgan fingerprint density at radius 3 is 2.62 bits per heavy atom. The van der Waals surface area contributed by atoms with Gasteiger partial charge < -0.3 is 13.7 Å². The summed E-state index contributed by atoms with van der Waals surface area (Å²) in [5, 5.41) is 16.2. The Kier molecular flexibility index (Phi) is 7.16. The van der Waals surface area contributed by atoms with Gasteiger partial charge in [-0.15, -0.1) is 0 Å². The normalized spacial score (nSPS) is 11.3. The van der Waals surface area contributed by atoms with Crippen LogP contribution in [-0.4, -0.2) is 21.6 Å². The van der Waals surface area contributed by atoms with E-state index in [0.717, 1.165) is 34.0 Å². The van der Waals surface area contributed by atoms with Crippen molar-refractivity contribution in [2.24, 2.45) is 5.10 Å². The fourth-order valence-corrected chi connectivity index (χ4v) is 4.45. The molecule has 0 aliphatic heterocycles. The molecule has 3 aromatic carbocycles. The largest absolute Gasteiger partial charge is 0.489 e. The van der Waals surface area contributed by atoms with Crippen LogP contribution in [0.15, 0.2) is 88.4 Å². The third-order valence-electron chi connectivity index (χ3n) is 6.22. The number of fused-ring (bicyclic) bond motifs is 1. The van der Waals surface area contributed by atoms with Crippen molar-refractivity contribution < 1.29 is 18.9 Å². The van der Waals surface area contributed by atoms with Crippen LogP contribution >= 0.6 is 11.6 Å². The van der Waals surface area contributed by atoms with Crippen LogP contribution in [0.2, 0.25) is 5.02 Å². The summed E-state index contributed by atoms with van der Waals surface area (Å²) in [7, 11) is 0. The molecule has 10 heteroatoms. The van der Waals surface area contributed by atoms with E-state index in [1.807, 2.05) is 68.4 Å². The number of hydrogen-bond donors (Lipinski definition) is 1. The van der Waals surface area contributed by atoms with E-state index in [-0.39, 0.29) is 11.4 Å². The van der Waals surface area contributed by atoms with Crippen molar-refractivity contribution in [3.63, 3.8) is 0 Å². The van der Waals surface area contributed by atoms with E-state index in [1.165, 1.54) is 24.3 Å². The number of non-ortho nitro benzene ring substituents is 1. The van der Waals surface area contributed by atoms with Gasteiger partial charge in [-0.2, -0.15) is 5.10 Å². The number of furan rings is 1. The van der Waals surface area contributed by atoms with Gasteiger partial charge in [-0.1, -0.05) is 29.8 Å². The number of aryl methyl sites for hydroxylation is 1. The van der Waals surface area contributed by atoms with Crippen molar-refractivity contribution >= 4 is 40.4 Å². The fraction of sp³-hybridized carbons (Fsp3) is 0.103. The Bertz CT molecular complexity index is 1720. The first-order valence-corrected chi connectivity index (χ1v) is 12.3. The summed E-state index contributed by atoms with van der Waals surface area (Å²) >= 11 is 6.21. The van der Waals surface area contributed by atoms with E-state index in [1.54, 1.807) is 6.21 Å². The van der Waals surface area contributed by atoms with Crippen LogP contribution in [-0.2, 0) is 6.61 Å². The molecule has 1 amide bonds. The molecule has 5 rings (SSSR count). The fourth-order valence-electron chi connectivity index (χ4n) is 4.26. The smallest absolute Gasteiger partial charge is 0.307 e. The second-order valence-electron chi connectivity index (χ2n) is 8.82. The maximum Gasteiger partial charge on any atom is 0.307 e. The van der Waals surface area contributed by atoms with E-state index in [2.05, 4.69) is 15.1 Å². The molecule has 39 heavy (non-hydrogen) atoms. The Balaban J connectivity index is 1.25. The van der Waals surface area contributed by atoms with Gasteiger partial charge in [0.1, 0.15) is 17.9 Å². The highest BCUT2D eigenvalue weighted by Crippen LogP contribution is 2.25. The van der Waals surface area contributed by atoms with Crippen LogP contribution < -0.4 is 10.2 Å². The number of carbonyl (C=O) groups excluding carboxylic acids is 1. The van der Waals surface area contributed by atoms with Crippen molar-refractivity contribution in [2.75, 3.05) is 0 Å². The number of hydrogen-bond acceptors (Lipinski definition) is 6. The van der Waals surface area contributed by atoms with Gasteiger partial charge in [0.2, 0.25) is 0 Å². The first kappa shape index (κ1) is 25.7. The van der Waals surface area contributed by atoms with Crippen LogP contribution in [0, 0.1) is 24.0 Å². The third kappa shape index (κ3) is 5.53. The Morgan fingerprint density at radius 1 is 1.10 bits per heavy atom. The quantitative estimate of drug-likeness (QED) is 0.132. The highest BCUT2D eigenvalue weighted by atomic mass is 35.5.